The zero-order chi connectivity index (χ0) is 10.1. The van der Waals surface area contributed by atoms with E-state index in [0.29, 0.717) is 0 Å². The fraction of sp³-hybridized carbons (Fsp3) is 0.333. The van der Waals surface area contributed by atoms with Crippen LogP contribution < -0.4 is 5.73 Å². The molecule has 7 heteroatoms. The summed E-state index contributed by atoms with van der Waals surface area (Å²) >= 11 is 0. The fourth-order valence-electron chi connectivity index (χ4n) is 0.842. The summed E-state index contributed by atoms with van der Waals surface area (Å²) in [4.78, 5) is -0.521. The van der Waals surface area contributed by atoms with Gasteiger partial charge in [0.05, 0.1) is 6.61 Å². The van der Waals surface area contributed by atoms with Crippen LogP contribution in [0.4, 0.5) is 0 Å². The first kappa shape index (κ1) is 9.54. The van der Waals surface area contributed by atoms with Gasteiger partial charge in [-0.05, 0) is 6.92 Å². The monoisotopic (exact) mass is 201 g/mol. The number of amidine groups is 1. The number of nitriles is 1. The van der Waals surface area contributed by atoms with Crippen molar-refractivity contribution in [2.75, 3.05) is 6.61 Å². The van der Waals surface area contributed by atoms with Crippen molar-refractivity contribution >= 4 is 15.9 Å². The molecule has 1 aliphatic heterocycles. The van der Waals surface area contributed by atoms with Crippen LogP contribution in [0.25, 0.3) is 0 Å². The van der Waals surface area contributed by atoms with Crippen LogP contribution in [0.3, 0.4) is 0 Å². The van der Waals surface area contributed by atoms with E-state index >= 15 is 0 Å². The predicted molar refractivity (Wildman–Crippen MR) is 44.8 cm³/mol. The molecule has 2 N–H and O–H groups in total. The van der Waals surface area contributed by atoms with Crippen molar-refractivity contribution < 1.29 is 13.2 Å². The zero-order valence-corrected chi connectivity index (χ0v) is 7.63. The van der Waals surface area contributed by atoms with Gasteiger partial charge in [0.15, 0.2) is 11.6 Å². The van der Waals surface area contributed by atoms with Crippen molar-refractivity contribution in [3.05, 3.63) is 10.7 Å². The molecular weight excluding hydrogens is 194 g/mol. The van der Waals surface area contributed by atoms with Crippen molar-refractivity contribution in [2.45, 2.75) is 6.92 Å². The third kappa shape index (κ3) is 1.48. The minimum atomic E-state index is -3.90. The molecule has 0 atom stereocenters. The summed E-state index contributed by atoms with van der Waals surface area (Å²) in [7, 11) is -3.90. The number of rotatable bonds is 2. The van der Waals surface area contributed by atoms with Crippen LogP contribution in [-0.2, 0) is 14.8 Å². The SMILES string of the molecule is CCOC1=C(C#N)S(=O)(=O)N=C1N. The Labute approximate surface area is 75.4 Å². The molecule has 0 saturated heterocycles. The maximum absolute atomic E-state index is 11.1. The number of allylic oxidation sites excluding steroid dienone is 1. The Bertz CT molecular complexity index is 427. The third-order valence-corrected chi connectivity index (χ3v) is 2.54. The van der Waals surface area contributed by atoms with Gasteiger partial charge in [0.25, 0.3) is 10.0 Å². The molecule has 0 aliphatic carbocycles. The van der Waals surface area contributed by atoms with Gasteiger partial charge < -0.3 is 10.5 Å². The lowest BCUT2D eigenvalue weighted by molar-refractivity contribution is 0.249. The summed E-state index contributed by atoms with van der Waals surface area (Å²) in [6.07, 6.45) is 0. The molecule has 0 amide bonds. The van der Waals surface area contributed by atoms with Crippen LogP contribution in [0.5, 0.6) is 0 Å². The van der Waals surface area contributed by atoms with E-state index in [1.54, 1.807) is 6.92 Å². The molecule has 70 valence electrons. The summed E-state index contributed by atoms with van der Waals surface area (Å²) < 4.78 is 30.1. The Hall–Kier alpha value is -1.55. The van der Waals surface area contributed by atoms with Crippen LogP contribution in [-0.4, -0.2) is 20.9 Å². The van der Waals surface area contributed by atoms with Gasteiger partial charge in [-0.2, -0.15) is 13.7 Å². The van der Waals surface area contributed by atoms with Gasteiger partial charge in [-0.3, -0.25) is 0 Å². The smallest absolute Gasteiger partial charge is 0.298 e. The van der Waals surface area contributed by atoms with Crippen molar-refractivity contribution in [1.82, 2.24) is 0 Å². The number of hydrogen-bond acceptors (Lipinski definition) is 5. The van der Waals surface area contributed by atoms with E-state index in [-0.39, 0.29) is 18.2 Å². The van der Waals surface area contributed by atoms with E-state index in [4.69, 9.17) is 15.7 Å². The first-order chi connectivity index (χ1) is 6.03. The van der Waals surface area contributed by atoms with Crippen LogP contribution in [0.1, 0.15) is 6.92 Å². The lowest BCUT2D eigenvalue weighted by atomic mass is 10.4. The molecular formula is C6H7N3O3S. The number of nitrogens with two attached hydrogens (primary N) is 1. The lowest BCUT2D eigenvalue weighted by Crippen LogP contribution is -2.14. The van der Waals surface area contributed by atoms with Crippen molar-refractivity contribution in [3.8, 4) is 6.07 Å². The molecule has 1 aliphatic rings. The molecule has 0 saturated carbocycles. The van der Waals surface area contributed by atoms with Gasteiger partial charge in [-0.1, -0.05) is 0 Å². The standard InChI is InChI=1S/C6H7N3O3S/c1-2-12-5-4(3-7)13(10,11)9-6(5)8/h2H2,1H3,(H2,8,9). The Balaban J connectivity index is 3.29. The van der Waals surface area contributed by atoms with Crippen molar-refractivity contribution in [1.29, 1.82) is 5.26 Å². The molecule has 0 aromatic heterocycles. The van der Waals surface area contributed by atoms with Gasteiger partial charge in [-0.25, -0.2) is 0 Å². The highest BCUT2D eigenvalue weighted by atomic mass is 32.2. The number of nitrogens with zero attached hydrogens (tertiary/aromatic N) is 2. The minimum absolute atomic E-state index is 0.148. The maximum Gasteiger partial charge on any atom is 0.298 e. The average Bonchev–Trinajstić information content (AvgIpc) is 2.22. The van der Waals surface area contributed by atoms with Gasteiger partial charge in [0.2, 0.25) is 4.91 Å². The fourth-order valence-corrected chi connectivity index (χ4v) is 1.79. The molecule has 6 nitrogen and oxygen atoms in total. The van der Waals surface area contributed by atoms with E-state index in [1.807, 2.05) is 0 Å². The summed E-state index contributed by atoms with van der Waals surface area (Å²) in [6, 6.07) is 1.49. The number of sulfonamides is 1. The normalized spacial score (nSPS) is 19.5. The maximum atomic E-state index is 11.1. The highest BCUT2D eigenvalue weighted by Crippen LogP contribution is 2.21. The van der Waals surface area contributed by atoms with Gasteiger partial charge in [-0.15, -0.1) is 4.40 Å². The highest BCUT2D eigenvalue weighted by molar-refractivity contribution is 7.94. The number of hydrogen-bond donors (Lipinski definition) is 1. The van der Waals surface area contributed by atoms with Crippen molar-refractivity contribution in [2.24, 2.45) is 10.1 Å². The summed E-state index contributed by atoms with van der Waals surface area (Å²) in [5.41, 5.74) is 5.24. The van der Waals surface area contributed by atoms with Crippen LogP contribution >= 0.6 is 0 Å². The molecule has 0 radical (unpaired) electrons. The Morgan fingerprint density at radius 1 is 1.69 bits per heavy atom. The molecule has 0 unspecified atom stereocenters. The number of ether oxygens (including phenoxy) is 1. The first-order valence-electron chi connectivity index (χ1n) is 3.41. The summed E-state index contributed by atoms with van der Waals surface area (Å²) in [5.74, 6) is -0.414. The topological polar surface area (TPSA) is 106 Å². The van der Waals surface area contributed by atoms with Gasteiger partial charge >= 0.3 is 0 Å². The molecule has 0 aromatic rings. The first-order valence-corrected chi connectivity index (χ1v) is 4.85. The zero-order valence-electron chi connectivity index (χ0n) is 6.81. The van der Waals surface area contributed by atoms with Gasteiger partial charge in [0.1, 0.15) is 6.07 Å². The second-order valence-corrected chi connectivity index (χ2v) is 3.70. The Morgan fingerprint density at radius 2 is 2.31 bits per heavy atom. The second kappa shape index (κ2) is 3.06. The largest absolute Gasteiger partial charge is 0.488 e. The predicted octanol–water partition coefficient (Wildman–Crippen LogP) is -0.541. The quantitative estimate of drug-likeness (QED) is 0.645. The summed E-state index contributed by atoms with van der Waals surface area (Å²) in [6.45, 7) is 1.88. The molecule has 13 heavy (non-hydrogen) atoms. The molecule has 0 aromatic carbocycles. The lowest BCUT2D eigenvalue weighted by Gasteiger charge is -2.01. The highest BCUT2D eigenvalue weighted by Gasteiger charge is 2.32. The van der Waals surface area contributed by atoms with E-state index in [2.05, 4.69) is 4.40 Å². The Kier molecular flexibility index (Phi) is 2.25. The molecule has 1 rings (SSSR count). The van der Waals surface area contributed by atoms with Crippen LogP contribution in [0.15, 0.2) is 15.1 Å². The van der Waals surface area contributed by atoms with Crippen LogP contribution in [0.2, 0.25) is 0 Å². The van der Waals surface area contributed by atoms with Gasteiger partial charge in [0, 0.05) is 0 Å². The van der Waals surface area contributed by atoms with Crippen LogP contribution in [0, 0.1) is 11.3 Å². The van der Waals surface area contributed by atoms with E-state index < -0.39 is 14.9 Å². The molecule has 0 spiro atoms. The van der Waals surface area contributed by atoms with E-state index in [1.165, 1.54) is 6.07 Å². The third-order valence-electron chi connectivity index (χ3n) is 1.31. The van der Waals surface area contributed by atoms with Crippen molar-refractivity contribution in [3.63, 3.8) is 0 Å². The van der Waals surface area contributed by atoms with E-state index in [0.717, 1.165) is 0 Å². The molecule has 0 fully saturated rings. The average molecular weight is 201 g/mol. The second-order valence-electron chi connectivity index (χ2n) is 2.15. The molecule has 0 bridgehead atoms. The van der Waals surface area contributed by atoms with E-state index in [9.17, 15) is 8.42 Å². The molecule has 1 heterocycles. The Morgan fingerprint density at radius 3 is 2.77 bits per heavy atom. The summed E-state index contributed by atoms with van der Waals surface area (Å²) in [5, 5.41) is 8.52. The minimum Gasteiger partial charge on any atom is -0.488 e.